The smallest absolute Gasteiger partial charge is 0.135 e. The van der Waals surface area contributed by atoms with Crippen LogP contribution in [0.2, 0.25) is 0 Å². The standard InChI is InChI=1S/C22H23BrO/c1-21(2)9-10-22(3,4)18-12-15(5-7-17(18)21)14-6-8-20-16(11-14)19(23)13-24-20/h5-8,11-13H,9-10H2,1-4H3. The van der Waals surface area contributed by atoms with E-state index in [1.54, 1.807) is 6.26 Å². The van der Waals surface area contributed by atoms with Gasteiger partial charge in [-0.05, 0) is 74.0 Å². The van der Waals surface area contributed by atoms with Crippen molar-refractivity contribution in [3.63, 3.8) is 0 Å². The molecule has 1 aliphatic rings. The number of fused-ring (bicyclic) bond motifs is 2. The molecular formula is C22H23BrO. The number of benzene rings is 2. The molecule has 0 saturated carbocycles. The lowest BCUT2D eigenvalue weighted by Crippen LogP contribution is -2.33. The average molecular weight is 383 g/mol. The molecule has 0 atom stereocenters. The highest BCUT2D eigenvalue weighted by Crippen LogP contribution is 2.47. The number of furan rings is 1. The van der Waals surface area contributed by atoms with Crippen molar-refractivity contribution in [2.45, 2.75) is 51.4 Å². The minimum atomic E-state index is 0.237. The molecule has 0 N–H and O–H groups in total. The molecule has 0 unspecified atom stereocenters. The van der Waals surface area contributed by atoms with E-state index >= 15 is 0 Å². The van der Waals surface area contributed by atoms with Gasteiger partial charge in [0.15, 0.2) is 0 Å². The van der Waals surface area contributed by atoms with Gasteiger partial charge >= 0.3 is 0 Å². The highest BCUT2D eigenvalue weighted by molar-refractivity contribution is 9.10. The fraction of sp³-hybridized carbons (Fsp3) is 0.364. The van der Waals surface area contributed by atoms with Crippen molar-refractivity contribution in [2.24, 2.45) is 0 Å². The van der Waals surface area contributed by atoms with E-state index in [1.807, 2.05) is 0 Å². The van der Waals surface area contributed by atoms with Crippen LogP contribution >= 0.6 is 15.9 Å². The molecule has 2 aromatic carbocycles. The third-order valence-corrected chi connectivity index (χ3v) is 6.33. The molecule has 1 aromatic heterocycles. The molecule has 24 heavy (non-hydrogen) atoms. The average Bonchev–Trinajstić information content (AvgIpc) is 2.92. The van der Waals surface area contributed by atoms with Crippen molar-refractivity contribution < 1.29 is 4.42 Å². The Bertz CT molecular complexity index is 930. The van der Waals surface area contributed by atoms with Crippen LogP contribution in [0.5, 0.6) is 0 Å². The molecule has 1 nitrogen and oxygen atoms in total. The van der Waals surface area contributed by atoms with Crippen LogP contribution in [-0.4, -0.2) is 0 Å². The fourth-order valence-corrected chi connectivity index (χ4v) is 4.35. The first-order valence-electron chi connectivity index (χ1n) is 8.60. The zero-order chi connectivity index (χ0) is 17.1. The number of hydrogen-bond acceptors (Lipinski definition) is 1. The lowest BCUT2D eigenvalue weighted by Gasteiger charge is -2.42. The summed E-state index contributed by atoms with van der Waals surface area (Å²) in [6.45, 7) is 9.49. The molecule has 0 spiro atoms. The first kappa shape index (κ1) is 16.0. The largest absolute Gasteiger partial charge is 0.463 e. The summed E-state index contributed by atoms with van der Waals surface area (Å²) in [6, 6.07) is 13.5. The van der Waals surface area contributed by atoms with E-state index in [1.165, 1.54) is 35.1 Å². The Morgan fingerprint density at radius 3 is 2.21 bits per heavy atom. The monoisotopic (exact) mass is 382 g/mol. The quantitative estimate of drug-likeness (QED) is 0.433. The summed E-state index contributed by atoms with van der Waals surface area (Å²) in [4.78, 5) is 0. The maximum absolute atomic E-state index is 5.54. The second-order valence-electron chi connectivity index (χ2n) is 8.32. The minimum Gasteiger partial charge on any atom is -0.463 e. The Morgan fingerprint density at radius 2 is 1.46 bits per heavy atom. The highest BCUT2D eigenvalue weighted by Gasteiger charge is 2.36. The van der Waals surface area contributed by atoms with Crippen molar-refractivity contribution in [3.05, 3.63) is 58.3 Å². The summed E-state index contributed by atoms with van der Waals surface area (Å²) in [5.74, 6) is 0. The van der Waals surface area contributed by atoms with Gasteiger partial charge < -0.3 is 4.42 Å². The first-order chi connectivity index (χ1) is 11.3. The van der Waals surface area contributed by atoms with Crippen LogP contribution in [0.3, 0.4) is 0 Å². The molecule has 2 heteroatoms. The fourth-order valence-electron chi connectivity index (χ4n) is 3.95. The Labute approximate surface area is 152 Å². The van der Waals surface area contributed by atoms with E-state index in [0.717, 1.165) is 15.4 Å². The van der Waals surface area contributed by atoms with Gasteiger partial charge in [-0.25, -0.2) is 0 Å². The first-order valence-corrected chi connectivity index (χ1v) is 9.39. The zero-order valence-electron chi connectivity index (χ0n) is 14.7. The maximum Gasteiger partial charge on any atom is 0.135 e. The van der Waals surface area contributed by atoms with Crippen LogP contribution in [0, 0.1) is 0 Å². The number of halogens is 1. The van der Waals surface area contributed by atoms with Crippen LogP contribution in [0.25, 0.3) is 22.1 Å². The Hall–Kier alpha value is -1.54. The zero-order valence-corrected chi connectivity index (χ0v) is 16.3. The van der Waals surface area contributed by atoms with E-state index in [4.69, 9.17) is 4.42 Å². The van der Waals surface area contributed by atoms with Crippen LogP contribution in [0.15, 0.2) is 51.6 Å². The summed E-state index contributed by atoms with van der Waals surface area (Å²) < 4.78 is 6.56. The molecule has 0 bridgehead atoms. The highest BCUT2D eigenvalue weighted by atomic mass is 79.9. The van der Waals surface area contributed by atoms with E-state index in [9.17, 15) is 0 Å². The van der Waals surface area contributed by atoms with Gasteiger partial charge in [0, 0.05) is 5.39 Å². The molecule has 1 heterocycles. The topological polar surface area (TPSA) is 13.1 Å². The van der Waals surface area contributed by atoms with Crippen molar-refractivity contribution in [1.82, 2.24) is 0 Å². The second-order valence-corrected chi connectivity index (χ2v) is 9.18. The predicted octanol–water partition coefficient (Wildman–Crippen LogP) is 7.21. The van der Waals surface area contributed by atoms with Gasteiger partial charge in [-0.2, -0.15) is 0 Å². The van der Waals surface area contributed by atoms with Gasteiger partial charge in [0.25, 0.3) is 0 Å². The van der Waals surface area contributed by atoms with Gasteiger partial charge in [-0.1, -0.05) is 52.0 Å². The van der Waals surface area contributed by atoms with Gasteiger partial charge in [0.1, 0.15) is 11.8 Å². The van der Waals surface area contributed by atoms with Gasteiger partial charge in [-0.15, -0.1) is 0 Å². The minimum absolute atomic E-state index is 0.237. The summed E-state index contributed by atoms with van der Waals surface area (Å²) >= 11 is 3.57. The van der Waals surface area contributed by atoms with Crippen LogP contribution in [0.4, 0.5) is 0 Å². The summed E-state index contributed by atoms with van der Waals surface area (Å²) in [6.07, 6.45) is 4.25. The van der Waals surface area contributed by atoms with Crippen LogP contribution < -0.4 is 0 Å². The molecule has 0 saturated heterocycles. The number of hydrogen-bond donors (Lipinski definition) is 0. The number of rotatable bonds is 1. The van der Waals surface area contributed by atoms with Crippen molar-refractivity contribution in [3.8, 4) is 11.1 Å². The summed E-state index contributed by atoms with van der Waals surface area (Å²) in [5.41, 5.74) is 6.96. The van der Waals surface area contributed by atoms with Crippen molar-refractivity contribution >= 4 is 26.9 Å². The van der Waals surface area contributed by atoms with Crippen molar-refractivity contribution in [2.75, 3.05) is 0 Å². The summed E-state index contributed by atoms with van der Waals surface area (Å²) in [5, 5.41) is 1.13. The van der Waals surface area contributed by atoms with Crippen molar-refractivity contribution in [1.29, 1.82) is 0 Å². The molecule has 0 fully saturated rings. The Balaban J connectivity index is 1.89. The summed E-state index contributed by atoms with van der Waals surface area (Å²) in [7, 11) is 0. The molecule has 124 valence electrons. The lowest BCUT2D eigenvalue weighted by molar-refractivity contribution is 0.332. The van der Waals surface area contributed by atoms with Crippen LogP contribution in [-0.2, 0) is 10.8 Å². The third-order valence-electron chi connectivity index (χ3n) is 5.71. The van der Waals surface area contributed by atoms with Crippen LogP contribution in [0.1, 0.15) is 51.7 Å². The maximum atomic E-state index is 5.54. The SMILES string of the molecule is CC1(C)CCC(C)(C)c2cc(-c3ccc4occ(Br)c4c3)ccc21. The Morgan fingerprint density at radius 1 is 0.833 bits per heavy atom. The molecule has 0 amide bonds. The molecule has 0 aliphatic heterocycles. The molecule has 0 radical (unpaired) electrons. The van der Waals surface area contributed by atoms with Gasteiger partial charge in [-0.3, -0.25) is 0 Å². The van der Waals surface area contributed by atoms with E-state index in [-0.39, 0.29) is 10.8 Å². The lowest BCUT2D eigenvalue weighted by atomic mass is 9.63. The van der Waals surface area contributed by atoms with E-state index < -0.39 is 0 Å². The Kier molecular flexibility index (Phi) is 3.47. The molecular weight excluding hydrogens is 360 g/mol. The molecule has 4 rings (SSSR count). The second kappa shape index (κ2) is 5.23. The van der Waals surface area contributed by atoms with E-state index in [0.29, 0.717) is 0 Å². The molecule has 1 aliphatic carbocycles. The molecule has 3 aromatic rings. The van der Waals surface area contributed by atoms with E-state index in [2.05, 4.69) is 80.0 Å². The normalized spacial score (nSPS) is 18.5. The van der Waals surface area contributed by atoms with Gasteiger partial charge in [0.2, 0.25) is 0 Å². The van der Waals surface area contributed by atoms with Gasteiger partial charge in [0.05, 0.1) is 4.47 Å². The third kappa shape index (κ3) is 2.43. The predicted molar refractivity (Wildman–Crippen MR) is 105 cm³/mol.